The minimum absolute atomic E-state index is 0.182. The van der Waals surface area contributed by atoms with Gasteiger partial charge in [0.2, 0.25) is 6.41 Å². The summed E-state index contributed by atoms with van der Waals surface area (Å²) in [7, 11) is -0.729. The van der Waals surface area contributed by atoms with Crippen LogP contribution in [0.3, 0.4) is 0 Å². The first-order valence-corrected chi connectivity index (χ1v) is 14.7. The number of hydrogen-bond donors (Lipinski definition) is 0. The summed E-state index contributed by atoms with van der Waals surface area (Å²) in [6.07, 6.45) is 7.96. The summed E-state index contributed by atoms with van der Waals surface area (Å²) in [6.45, 7) is 10.5. The fraction of sp³-hybridized carbons (Fsp3) is 0.880. The molecular formula is C25H50NO8P. The highest BCUT2D eigenvalue weighted by Gasteiger charge is 2.33. The molecule has 0 aromatic heterocycles. The molecule has 0 heterocycles. The maximum Gasteiger partial charge on any atom is 0.353 e. The van der Waals surface area contributed by atoms with Crippen LogP contribution >= 0.6 is 7.60 Å². The standard InChI is InChI=1S/C25H50NO8P/c1-7-11-16-31-23(15-20-35(28,29-5)30-6)25(33-18-13-9-3)24(32-17-12-8-2)21-26(22-27)34-19-14-10-4/h15,20,22-25H,7-14,16-19,21H2,1-6H3/b20-15+/t23-,24-,25-/m1/s1. The fourth-order valence-electron chi connectivity index (χ4n) is 3.05. The monoisotopic (exact) mass is 523 g/mol. The second-order valence-corrected chi connectivity index (χ2v) is 10.4. The number of carbonyl (C=O) groups excluding carboxylic acids is 1. The molecule has 0 radical (unpaired) electrons. The summed E-state index contributed by atoms with van der Waals surface area (Å²) < 4.78 is 41.5. The van der Waals surface area contributed by atoms with Crippen molar-refractivity contribution in [1.29, 1.82) is 0 Å². The van der Waals surface area contributed by atoms with Gasteiger partial charge in [-0.15, -0.1) is 0 Å². The number of amides is 1. The first-order valence-electron chi connectivity index (χ1n) is 13.0. The molecule has 0 aliphatic heterocycles. The Morgan fingerprint density at radius 1 is 0.771 bits per heavy atom. The molecule has 3 atom stereocenters. The SMILES string of the molecule is CCCCO[C@H]([C@@H](/C=C/P(=O)(OC)OC)OCCCC)[C@@H](CN(C=O)OCCCC)OCCCC. The number of hydroxylamine groups is 2. The van der Waals surface area contributed by atoms with Crippen LogP contribution in [0.2, 0.25) is 0 Å². The van der Waals surface area contributed by atoms with Gasteiger partial charge in [-0.2, -0.15) is 0 Å². The normalized spacial score (nSPS) is 14.8. The lowest BCUT2D eigenvalue weighted by atomic mass is 10.1. The largest absolute Gasteiger partial charge is 0.373 e. The molecule has 0 bridgehead atoms. The molecule has 0 unspecified atom stereocenters. The minimum Gasteiger partial charge on any atom is -0.373 e. The van der Waals surface area contributed by atoms with Gasteiger partial charge in [0.05, 0.1) is 13.2 Å². The lowest BCUT2D eigenvalue weighted by molar-refractivity contribution is -0.198. The Kier molecular flexibility index (Phi) is 21.9. The van der Waals surface area contributed by atoms with Crippen LogP contribution in [-0.2, 0) is 37.5 Å². The molecule has 0 spiro atoms. The summed E-state index contributed by atoms with van der Waals surface area (Å²) in [6, 6.07) is 0. The van der Waals surface area contributed by atoms with Crippen LogP contribution in [0, 0.1) is 0 Å². The quantitative estimate of drug-likeness (QED) is 0.0648. The second-order valence-electron chi connectivity index (χ2n) is 8.28. The van der Waals surface area contributed by atoms with Crippen molar-refractivity contribution in [3.05, 3.63) is 11.9 Å². The van der Waals surface area contributed by atoms with E-state index in [9.17, 15) is 9.36 Å². The van der Waals surface area contributed by atoms with Crippen LogP contribution in [-0.4, -0.2) is 77.0 Å². The zero-order valence-electron chi connectivity index (χ0n) is 22.8. The van der Waals surface area contributed by atoms with E-state index in [4.69, 9.17) is 28.1 Å². The summed E-state index contributed by atoms with van der Waals surface area (Å²) >= 11 is 0. The van der Waals surface area contributed by atoms with E-state index in [0.29, 0.717) is 32.8 Å². The van der Waals surface area contributed by atoms with Gasteiger partial charge in [-0.05, 0) is 31.8 Å². The van der Waals surface area contributed by atoms with Crippen molar-refractivity contribution < 1.29 is 37.5 Å². The number of carbonyl (C=O) groups is 1. The predicted octanol–water partition coefficient (Wildman–Crippen LogP) is 5.73. The van der Waals surface area contributed by atoms with Gasteiger partial charge in [0, 0.05) is 39.9 Å². The predicted molar refractivity (Wildman–Crippen MR) is 138 cm³/mol. The van der Waals surface area contributed by atoms with E-state index in [2.05, 4.69) is 27.7 Å². The molecule has 0 aliphatic rings. The molecule has 208 valence electrons. The van der Waals surface area contributed by atoms with E-state index in [1.165, 1.54) is 25.1 Å². The Morgan fingerprint density at radius 3 is 1.80 bits per heavy atom. The van der Waals surface area contributed by atoms with Crippen molar-refractivity contribution in [1.82, 2.24) is 5.06 Å². The molecule has 0 aromatic carbocycles. The van der Waals surface area contributed by atoms with E-state index < -0.39 is 25.9 Å². The molecule has 0 saturated carbocycles. The molecule has 10 heteroatoms. The molecule has 0 saturated heterocycles. The Balaban J connectivity index is 6.02. The van der Waals surface area contributed by atoms with Crippen LogP contribution in [0.1, 0.15) is 79.1 Å². The first kappa shape index (κ1) is 34.2. The number of ether oxygens (including phenoxy) is 3. The van der Waals surface area contributed by atoms with Crippen molar-refractivity contribution in [2.24, 2.45) is 0 Å². The third-order valence-electron chi connectivity index (χ3n) is 5.34. The van der Waals surface area contributed by atoms with Crippen molar-refractivity contribution in [2.75, 3.05) is 47.2 Å². The Hall–Kier alpha value is -0.800. The topological polar surface area (TPSA) is 92.8 Å². The van der Waals surface area contributed by atoms with Crippen molar-refractivity contribution in [2.45, 2.75) is 97.4 Å². The van der Waals surface area contributed by atoms with Gasteiger partial charge >= 0.3 is 7.60 Å². The van der Waals surface area contributed by atoms with E-state index in [-0.39, 0.29) is 6.54 Å². The molecule has 0 aromatic rings. The summed E-state index contributed by atoms with van der Waals surface area (Å²) in [5.41, 5.74) is 0. The van der Waals surface area contributed by atoms with Crippen LogP contribution in [0.25, 0.3) is 0 Å². The number of hydrogen-bond acceptors (Lipinski definition) is 8. The molecule has 0 aliphatic carbocycles. The highest BCUT2D eigenvalue weighted by atomic mass is 31.2. The maximum absolute atomic E-state index is 12.7. The van der Waals surface area contributed by atoms with Crippen LogP contribution < -0.4 is 0 Å². The lowest BCUT2D eigenvalue weighted by Gasteiger charge is -2.34. The van der Waals surface area contributed by atoms with Crippen LogP contribution in [0.4, 0.5) is 0 Å². The second kappa shape index (κ2) is 22.4. The van der Waals surface area contributed by atoms with Gasteiger partial charge in [-0.1, -0.05) is 53.4 Å². The van der Waals surface area contributed by atoms with Crippen molar-refractivity contribution >= 4 is 14.0 Å². The molecular weight excluding hydrogens is 473 g/mol. The zero-order valence-corrected chi connectivity index (χ0v) is 23.7. The van der Waals surface area contributed by atoms with Gasteiger partial charge in [0.1, 0.15) is 18.3 Å². The Bertz CT molecular complexity index is 570. The van der Waals surface area contributed by atoms with E-state index in [0.717, 1.165) is 51.4 Å². The van der Waals surface area contributed by atoms with Crippen molar-refractivity contribution in [3.63, 3.8) is 0 Å². The van der Waals surface area contributed by atoms with E-state index >= 15 is 0 Å². The zero-order chi connectivity index (χ0) is 26.4. The van der Waals surface area contributed by atoms with E-state index in [1.54, 1.807) is 6.08 Å². The molecule has 35 heavy (non-hydrogen) atoms. The molecule has 1 amide bonds. The smallest absolute Gasteiger partial charge is 0.353 e. The van der Waals surface area contributed by atoms with Gasteiger partial charge in [-0.25, -0.2) is 5.06 Å². The van der Waals surface area contributed by atoms with Crippen LogP contribution in [0.5, 0.6) is 0 Å². The molecule has 9 nitrogen and oxygen atoms in total. The molecule has 0 fully saturated rings. The molecule has 0 N–H and O–H groups in total. The average molecular weight is 524 g/mol. The van der Waals surface area contributed by atoms with Crippen molar-refractivity contribution in [3.8, 4) is 0 Å². The third-order valence-corrected chi connectivity index (χ3v) is 6.89. The third kappa shape index (κ3) is 15.8. The highest BCUT2D eigenvalue weighted by Crippen LogP contribution is 2.48. The van der Waals surface area contributed by atoms with Crippen LogP contribution in [0.15, 0.2) is 11.9 Å². The van der Waals surface area contributed by atoms with E-state index in [1.807, 2.05) is 0 Å². The Morgan fingerprint density at radius 2 is 1.29 bits per heavy atom. The molecule has 0 rings (SSSR count). The summed E-state index contributed by atoms with van der Waals surface area (Å²) in [4.78, 5) is 17.4. The average Bonchev–Trinajstić information content (AvgIpc) is 2.87. The van der Waals surface area contributed by atoms with Gasteiger partial charge in [-0.3, -0.25) is 14.2 Å². The Labute approximate surface area is 213 Å². The van der Waals surface area contributed by atoms with Gasteiger partial charge < -0.3 is 23.3 Å². The minimum atomic E-state index is -3.40. The van der Waals surface area contributed by atoms with Gasteiger partial charge in [0.25, 0.3) is 0 Å². The van der Waals surface area contributed by atoms with Gasteiger partial charge in [0.15, 0.2) is 0 Å². The highest BCUT2D eigenvalue weighted by molar-refractivity contribution is 7.57. The number of unbranched alkanes of at least 4 members (excludes halogenated alkanes) is 4. The number of nitrogens with zero attached hydrogens (tertiary/aromatic N) is 1. The number of rotatable bonds is 25. The fourth-order valence-corrected chi connectivity index (χ4v) is 3.82. The maximum atomic E-state index is 12.7. The first-order chi connectivity index (χ1) is 16.9. The lowest BCUT2D eigenvalue weighted by Crippen LogP contribution is -2.48. The summed E-state index contributed by atoms with van der Waals surface area (Å²) in [5.74, 6) is 1.40. The summed E-state index contributed by atoms with van der Waals surface area (Å²) in [5, 5.41) is 1.27.